The topological polar surface area (TPSA) is 102 Å². The van der Waals surface area contributed by atoms with Gasteiger partial charge in [-0.25, -0.2) is 9.07 Å². The first-order valence-corrected chi connectivity index (χ1v) is 10.5. The zero-order chi connectivity index (χ0) is 22.2. The maximum absolute atomic E-state index is 13.2. The minimum atomic E-state index is -0.670. The van der Waals surface area contributed by atoms with E-state index in [1.165, 1.54) is 16.8 Å². The van der Waals surface area contributed by atoms with E-state index >= 15 is 0 Å². The number of nitrogens with one attached hydrogen (secondary N) is 2. The number of nitrogens with zero attached hydrogens (tertiary/aromatic N) is 4. The zero-order valence-corrected chi connectivity index (χ0v) is 18.5. The Labute approximate surface area is 187 Å². The third kappa shape index (κ3) is 6.42. The van der Waals surface area contributed by atoms with Crippen LogP contribution in [0, 0.1) is 12.7 Å². The fourth-order valence-corrected chi connectivity index (χ4v) is 3.41. The van der Waals surface area contributed by atoms with E-state index < -0.39 is 6.04 Å². The van der Waals surface area contributed by atoms with Gasteiger partial charge < -0.3 is 10.6 Å². The number of amides is 2. The molecule has 0 saturated carbocycles. The number of carbonyl (C=O) groups excluding carboxylic acids is 2. The number of hydrogen-bond donors (Lipinski definition) is 2. The van der Waals surface area contributed by atoms with Crippen molar-refractivity contribution in [3.63, 3.8) is 0 Å². The van der Waals surface area contributed by atoms with Crippen molar-refractivity contribution in [1.82, 2.24) is 30.8 Å². The monoisotopic (exact) mass is 488 g/mol. The first-order chi connectivity index (χ1) is 14.9. The summed E-state index contributed by atoms with van der Waals surface area (Å²) in [7, 11) is 0. The Balaban J connectivity index is 1.52. The molecule has 8 nitrogen and oxygen atoms in total. The molecular weight excluding hydrogens is 467 g/mol. The minimum Gasteiger partial charge on any atom is -0.354 e. The molecule has 0 bridgehead atoms. The number of tetrazole rings is 1. The zero-order valence-electron chi connectivity index (χ0n) is 16.9. The summed E-state index contributed by atoms with van der Waals surface area (Å²) in [6.45, 7) is 2.50. The standard InChI is InChI=1S/C21H22BrFN6O2/c1-14-26-27-28-29(14)19(12-15-6-8-18(23)9-7-15)21(31)25-11-3-10-24-20(30)16-4-2-5-17(22)13-16/h2,4-9,13,19H,3,10-12H2,1H3,(H,24,30)(H,25,31). The molecule has 0 radical (unpaired) electrons. The van der Waals surface area contributed by atoms with Crippen LogP contribution in [0.5, 0.6) is 0 Å². The van der Waals surface area contributed by atoms with Crippen molar-refractivity contribution >= 4 is 27.7 Å². The summed E-state index contributed by atoms with van der Waals surface area (Å²) in [5, 5.41) is 17.1. The lowest BCUT2D eigenvalue weighted by molar-refractivity contribution is -0.124. The molecule has 0 aliphatic carbocycles. The van der Waals surface area contributed by atoms with Crippen molar-refractivity contribution in [3.8, 4) is 0 Å². The Bertz CT molecular complexity index is 1040. The summed E-state index contributed by atoms with van der Waals surface area (Å²) in [5.41, 5.74) is 1.35. The van der Waals surface area contributed by atoms with Gasteiger partial charge in [0.25, 0.3) is 5.91 Å². The van der Waals surface area contributed by atoms with Crippen molar-refractivity contribution < 1.29 is 14.0 Å². The van der Waals surface area contributed by atoms with Crippen LogP contribution in [0.4, 0.5) is 4.39 Å². The van der Waals surface area contributed by atoms with Gasteiger partial charge in [-0.3, -0.25) is 9.59 Å². The van der Waals surface area contributed by atoms with E-state index in [9.17, 15) is 14.0 Å². The van der Waals surface area contributed by atoms with Crippen LogP contribution in [0.1, 0.15) is 34.2 Å². The van der Waals surface area contributed by atoms with E-state index in [2.05, 4.69) is 42.1 Å². The number of benzene rings is 2. The Kier molecular flexibility index (Phi) is 7.82. The van der Waals surface area contributed by atoms with Crippen LogP contribution in [0.3, 0.4) is 0 Å². The van der Waals surface area contributed by atoms with Crippen LogP contribution in [0.2, 0.25) is 0 Å². The van der Waals surface area contributed by atoms with Gasteiger partial charge in [0.05, 0.1) is 0 Å². The molecule has 31 heavy (non-hydrogen) atoms. The molecule has 0 saturated heterocycles. The van der Waals surface area contributed by atoms with E-state index in [-0.39, 0.29) is 17.6 Å². The minimum absolute atomic E-state index is 0.175. The van der Waals surface area contributed by atoms with Gasteiger partial charge in [0, 0.05) is 29.5 Å². The highest BCUT2D eigenvalue weighted by molar-refractivity contribution is 9.10. The maximum atomic E-state index is 13.2. The quantitative estimate of drug-likeness (QED) is 0.450. The molecule has 1 aromatic heterocycles. The lowest BCUT2D eigenvalue weighted by Gasteiger charge is -2.17. The Morgan fingerprint density at radius 3 is 2.55 bits per heavy atom. The predicted octanol–water partition coefficient (Wildman–Crippen LogP) is 2.60. The maximum Gasteiger partial charge on any atom is 0.251 e. The summed E-state index contributed by atoms with van der Waals surface area (Å²) in [4.78, 5) is 25.0. The van der Waals surface area contributed by atoms with Gasteiger partial charge >= 0.3 is 0 Å². The highest BCUT2D eigenvalue weighted by Crippen LogP contribution is 2.16. The van der Waals surface area contributed by atoms with Crippen LogP contribution >= 0.6 is 15.9 Å². The fourth-order valence-electron chi connectivity index (χ4n) is 3.01. The van der Waals surface area contributed by atoms with Crippen LogP contribution < -0.4 is 10.6 Å². The molecule has 2 aromatic carbocycles. The van der Waals surface area contributed by atoms with Gasteiger partial charge in [0.1, 0.15) is 17.7 Å². The van der Waals surface area contributed by atoms with Gasteiger partial charge in [-0.05, 0) is 59.7 Å². The second kappa shape index (κ2) is 10.8. The van der Waals surface area contributed by atoms with Crippen molar-refractivity contribution in [2.75, 3.05) is 13.1 Å². The number of halogens is 2. The molecule has 1 heterocycles. The molecular formula is C21H22BrFN6O2. The molecule has 162 valence electrons. The van der Waals surface area contributed by atoms with Gasteiger partial charge in [-0.2, -0.15) is 0 Å². The molecule has 2 amide bonds. The normalized spacial score (nSPS) is 11.7. The second-order valence-electron chi connectivity index (χ2n) is 6.93. The summed E-state index contributed by atoms with van der Waals surface area (Å²) in [6, 6.07) is 12.4. The lowest BCUT2D eigenvalue weighted by Crippen LogP contribution is -2.36. The Hall–Kier alpha value is -3.14. The van der Waals surface area contributed by atoms with Crippen molar-refractivity contribution in [1.29, 1.82) is 0 Å². The summed E-state index contributed by atoms with van der Waals surface area (Å²) < 4.78 is 15.5. The van der Waals surface area contributed by atoms with Gasteiger partial charge in [0.15, 0.2) is 0 Å². The van der Waals surface area contributed by atoms with Crippen LogP contribution in [-0.2, 0) is 11.2 Å². The van der Waals surface area contributed by atoms with Crippen LogP contribution in [-0.4, -0.2) is 45.1 Å². The average molecular weight is 489 g/mol. The van der Waals surface area contributed by atoms with Crippen LogP contribution in [0.25, 0.3) is 0 Å². The number of hydrogen-bond acceptors (Lipinski definition) is 5. The molecule has 0 fully saturated rings. The van der Waals surface area contributed by atoms with E-state index in [1.54, 1.807) is 37.3 Å². The molecule has 0 aliphatic rings. The van der Waals surface area contributed by atoms with Gasteiger partial charge in [0.2, 0.25) is 5.91 Å². The van der Waals surface area contributed by atoms with Crippen molar-refractivity contribution in [2.45, 2.75) is 25.8 Å². The lowest BCUT2D eigenvalue weighted by atomic mass is 10.1. The van der Waals surface area contributed by atoms with Crippen LogP contribution in [0.15, 0.2) is 53.0 Å². The smallest absolute Gasteiger partial charge is 0.251 e. The van der Waals surface area contributed by atoms with E-state index in [0.29, 0.717) is 37.3 Å². The third-order valence-electron chi connectivity index (χ3n) is 4.62. The van der Waals surface area contributed by atoms with Crippen molar-refractivity contribution in [3.05, 3.63) is 75.8 Å². The number of carbonyl (C=O) groups is 2. The average Bonchev–Trinajstić information content (AvgIpc) is 3.18. The van der Waals surface area contributed by atoms with Gasteiger partial charge in [-0.1, -0.05) is 34.1 Å². The fraction of sp³-hybridized carbons (Fsp3) is 0.286. The predicted molar refractivity (Wildman–Crippen MR) is 116 cm³/mol. The summed E-state index contributed by atoms with van der Waals surface area (Å²) >= 11 is 3.34. The highest BCUT2D eigenvalue weighted by Gasteiger charge is 2.24. The first-order valence-electron chi connectivity index (χ1n) is 9.74. The second-order valence-corrected chi connectivity index (χ2v) is 7.84. The molecule has 3 aromatic rings. The van der Waals surface area contributed by atoms with E-state index in [1.807, 2.05) is 6.07 Å². The first kappa shape index (κ1) is 22.5. The number of aryl methyl sites for hydroxylation is 1. The molecule has 3 rings (SSSR count). The molecule has 0 aliphatic heterocycles. The SMILES string of the molecule is Cc1nnnn1C(Cc1ccc(F)cc1)C(=O)NCCCNC(=O)c1cccc(Br)c1. The van der Waals surface area contributed by atoms with Crippen molar-refractivity contribution in [2.24, 2.45) is 0 Å². The number of rotatable bonds is 9. The third-order valence-corrected chi connectivity index (χ3v) is 5.12. The van der Waals surface area contributed by atoms with E-state index in [0.717, 1.165) is 10.0 Å². The van der Waals surface area contributed by atoms with E-state index in [4.69, 9.17) is 0 Å². The summed E-state index contributed by atoms with van der Waals surface area (Å²) in [6.07, 6.45) is 0.876. The summed E-state index contributed by atoms with van der Waals surface area (Å²) in [5.74, 6) is -0.263. The largest absolute Gasteiger partial charge is 0.354 e. The highest BCUT2D eigenvalue weighted by atomic mass is 79.9. The molecule has 1 unspecified atom stereocenters. The number of aromatic nitrogens is 4. The Morgan fingerprint density at radius 2 is 1.87 bits per heavy atom. The molecule has 0 spiro atoms. The molecule has 2 N–H and O–H groups in total. The Morgan fingerprint density at radius 1 is 1.13 bits per heavy atom. The molecule has 10 heteroatoms. The van der Waals surface area contributed by atoms with Gasteiger partial charge in [-0.15, -0.1) is 5.10 Å². The molecule has 1 atom stereocenters.